The van der Waals surface area contributed by atoms with E-state index in [4.69, 9.17) is 9.47 Å². The third-order valence-electron chi connectivity index (χ3n) is 4.15. The molecule has 0 spiro atoms. The molecule has 0 atom stereocenters. The van der Waals surface area contributed by atoms with E-state index in [1.54, 1.807) is 14.2 Å². The molecule has 0 fully saturated rings. The van der Waals surface area contributed by atoms with Crippen molar-refractivity contribution in [2.45, 2.75) is 39.7 Å². The summed E-state index contributed by atoms with van der Waals surface area (Å²) in [7, 11) is 3.27. The van der Waals surface area contributed by atoms with Gasteiger partial charge in [0.15, 0.2) is 11.5 Å². The molecule has 0 aliphatic heterocycles. The van der Waals surface area contributed by atoms with Gasteiger partial charge in [0.2, 0.25) is 0 Å². The van der Waals surface area contributed by atoms with E-state index in [2.05, 4.69) is 55.6 Å². The number of rotatable bonds is 6. The number of methoxy groups -OCH3 is 2. The highest BCUT2D eigenvalue weighted by Crippen LogP contribution is 2.27. The molecule has 0 amide bonds. The summed E-state index contributed by atoms with van der Waals surface area (Å²) in [5.74, 6) is 1.45. The van der Waals surface area contributed by atoms with Crippen LogP contribution in [0.15, 0.2) is 47.6 Å². The Morgan fingerprint density at radius 3 is 2.16 bits per heavy atom. The summed E-state index contributed by atoms with van der Waals surface area (Å²) in [5, 5.41) is 4.47. The summed E-state index contributed by atoms with van der Waals surface area (Å²) in [6, 6.07) is 14.4. The fourth-order valence-corrected chi connectivity index (χ4v) is 2.52. The van der Waals surface area contributed by atoms with E-state index < -0.39 is 0 Å². The molecular weight excluding hydrogens is 312 g/mol. The molecule has 0 unspecified atom stereocenters. The number of hydrazone groups is 1. The number of hydrogen-bond acceptors (Lipinski definition) is 4. The molecule has 0 radical (unpaired) electrons. The van der Waals surface area contributed by atoms with E-state index in [1.807, 2.05) is 25.1 Å². The molecule has 0 aliphatic rings. The van der Waals surface area contributed by atoms with E-state index in [9.17, 15) is 0 Å². The molecule has 0 saturated heterocycles. The molecule has 25 heavy (non-hydrogen) atoms. The van der Waals surface area contributed by atoms with Gasteiger partial charge >= 0.3 is 0 Å². The molecule has 0 saturated carbocycles. The Kier molecular flexibility index (Phi) is 6.07. The van der Waals surface area contributed by atoms with E-state index in [1.165, 1.54) is 5.56 Å². The standard InChI is InChI=1S/C21H28N2O2/c1-15(17-8-10-18(11-9-17)21(2,3)4)23-22-14-16-7-12-19(24-5)20(13-16)25-6/h7-13,22H,14H2,1-6H3/b23-15-. The Morgan fingerprint density at radius 1 is 0.960 bits per heavy atom. The van der Waals surface area contributed by atoms with Gasteiger partial charge in [0.1, 0.15) is 0 Å². The van der Waals surface area contributed by atoms with Crippen LogP contribution in [0.4, 0.5) is 0 Å². The molecule has 0 aromatic heterocycles. The average molecular weight is 340 g/mol. The Labute approximate surface area is 150 Å². The monoisotopic (exact) mass is 340 g/mol. The molecule has 134 valence electrons. The predicted octanol–water partition coefficient (Wildman–Crippen LogP) is 4.52. The molecule has 0 aliphatic carbocycles. The maximum Gasteiger partial charge on any atom is 0.161 e. The summed E-state index contributed by atoms with van der Waals surface area (Å²) in [4.78, 5) is 0. The second-order valence-corrected chi connectivity index (χ2v) is 7.05. The first-order valence-electron chi connectivity index (χ1n) is 8.44. The highest BCUT2D eigenvalue weighted by molar-refractivity contribution is 5.98. The Bertz CT molecular complexity index is 729. The minimum Gasteiger partial charge on any atom is -0.493 e. The van der Waals surface area contributed by atoms with Crippen molar-refractivity contribution in [2.24, 2.45) is 5.10 Å². The summed E-state index contributed by atoms with van der Waals surface area (Å²) in [5.41, 5.74) is 7.77. The fourth-order valence-electron chi connectivity index (χ4n) is 2.52. The van der Waals surface area contributed by atoms with Crippen molar-refractivity contribution in [3.8, 4) is 11.5 Å². The van der Waals surface area contributed by atoms with Gasteiger partial charge < -0.3 is 14.9 Å². The number of nitrogens with one attached hydrogen (secondary N) is 1. The van der Waals surface area contributed by atoms with Crippen LogP contribution in [0.25, 0.3) is 0 Å². The highest BCUT2D eigenvalue weighted by atomic mass is 16.5. The molecule has 4 heteroatoms. The van der Waals surface area contributed by atoms with Crippen molar-refractivity contribution in [1.82, 2.24) is 5.43 Å². The quantitative estimate of drug-likeness (QED) is 0.621. The summed E-state index contributed by atoms with van der Waals surface area (Å²) < 4.78 is 10.6. The lowest BCUT2D eigenvalue weighted by molar-refractivity contribution is 0.354. The summed E-state index contributed by atoms with van der Waals surface area (Å²) >= 11 is 0. The smallest absolute Gasteiger partial charge is 0.161 e. The van der Waals surface area contributed by atoms with Gasteiger partial charge in [-0.2, -0.15) is 5.10 Å². The largest absolute Gasteiger partial charge is 0.493 e. The second-order valence-electron chi connectivity index (χ2n) is 7.05. The van der Waals surface area contributed by atoms with Crippen LogP contribution in [0.2, 0.25) is 0 Å². The van der Waals surface area contributed by atoms with Crippen LogP contribution in [-0.2, 0) is 12.0 Å². The molecular formula is C21H28N2O2. The molecule has 0 heterocycles. The van der Waals surface area contributed by atoms with Gasteiger partial charge in [0.05, 0.1) is 26.5 Å². The van der Waals surface area contributed by atoms with Crippen molar-refractivity contribution >= 4 is 5.71 Å². The highest BCUT2D eigenvalue weighted by Gasteiger charge is 2.13. The molecule has 2 aromatic carbocycles. The Morgan fingerprint density at radius 2 is 1.60 bits per heavy atom. The van der Waals surface area contributed by atoms with Crippen LogP contribution in [0, 0.1) is 0 Å². The van der Waals surface area contributed by atoms with Crippen LogP contribution >= 0.6 is 0 Å². The van der Waals surface area contributed by atoms with Crippen LogP contribution in [0.5, 0.6) is 11.5 Å². The number of benzene rings is 2. The average Bonchev–Trinajstić information content (AvgIpc) is 2.60. The lowest BCUT2D eigenvalue weighted by atomic mass is 9.86. The van der Waals surface area contributed by atoms with Crippen molar-refractivity contribution in [2.75, 3.05) is 14.2 Å². The van der Waals surface area contributed by atoms with Crippen molar-refractivity contribution in [3.05, 3.63) is 59.2 Å². The normalized spacial score (nSPS) is 12.0. The third-order valence-corrected chi connectivity index (χ3v) is 4.15. The number of nitrogens with zero attached hydrogens (tertiary/aromatic N) is 1. The third kappa shape index (κ3) is 4.99. The summed E-state index contributed by atoms with van der Waals surface area (Å²) in [6.07, 6.45) is 0. The topological polar surface area (TPSA) is 42.8 Å². The number of ether oxygens (including phenoxy) is 2. The fraction of sp³-hybridized carbons (Fsp3) is 0.381. The Balaban J connectivity index is 2.02. The molecule has 4 nitrogen and oxygen atoms in total. The van der Waals surface area contributed by atoms with Crippen molar-refractivity contribution < 1.29 is 9.47 Å². The zero-order chi connectivity index (χ0) is 18.4. The van der Waals surface area contributed by atoms with Crippen LogP contribution in [0.3, 0.4) is 0 Å². The van der Waals surface area contributed by atoms with Gasteiger partial charge in [0, 0.05) is 0 Å². The first kappa shape index (κ1) is 18.8. The lowest BCUT2D eigenvalue weighted by Crippen LogP contribution is -2.12. The zero-order valence-corrected chi connectivity index (χ0v) is 16.0. The zero-order valence-electron chi connectivity index (χ0n) is 16.0. The molecule has 0 bridgehead atoms. The van der Waals surface area contributed by atoms with Gasteiger partial charge in [-0.25, -0.2) is 0 Å². The first-order chi connectivity index (χ1) is 11.8. The SMILES string of the molecule is COc1ccc(CN/N=C(/C)c2ccc(C(C)(C)C)cc2)cc1OC. The van der Waals surface area contributed by atoms with Gasteiger partial charge in [0.25, 0.3) is 0 Å². The predicted molar refractivity (Wildman–Crippen MR) is 104 cm³/mol. The van der Waals surface area contributed by atoms with Gasteiger partial charge in [-0.3, -0.25) is 0 Å². The molecule has 1 N–H and O–H groups in total. The van der Waals surface area contributed by atoms with Crippen molar-refractivity contribution in [3.63, 3.8) is 0 Å². The van der Waals surface area contributed by atoms with Crippen LogP contribution < -0.4 is 14.9 Å². The van der Waals surface area contributed by atoms with E-state index in [0.29, 0.717) is 6.54 Å². The van der Waals surface area contributed by atoms with Gasteiger partial charge in [-0.15, -0.1) is 0 Å². The van der Waals surface area contributed by atoms with Crippen LogP contribution in [0.1, 0.15) is 44.4 Å². The van der Waals surface area contributed by atoms with Crippen molar-refractivity contribution in [1.29, 1.82) is 0 Å². The van der Waals surface area contributed by atoms with Crippen LogP contribution in [-0.4, -0.2) is 19.9 Å². The molecule has 2 rings (SSSR count). The van der Waals surface area contributed by atoms with E-state index in [-0.39, 0.29) is 5.41 Å². The van der Waals surface area contributed by atoms with E-state index >= 15 is 0 Å². The Hall–Kier alpha value is -2.49. The van der Waals surface area contributed by atoms with Gasteiger partial charge in [-0.1, -0.05) is 51.1 Å². The maximum absolute atomic E-state index is 5.32. The molecule has 2 aromatic rings. The summed E-state index contributed by atoms with van der Waals surface area (Å²) in [6.45, 7) is 9.28. The van der Waals surface area contributed by atoms with E-state index in [0.717, 1.165) is 28.3 Å². The maximum atomic E-state index is 5.32. The minimum atomic E-state index is 0.162. The number of hydrogen-bond donors (Lipinski definition) is 1. The second kappa shape index (κ2) is 8.06. The first-order valence-corrected chi connectivity index (χ1v) is 8.44. The minimum absolute atomic E-state index is 0.162. The lowest BCUT2D eigenvalue weighted by Gasteiger charge is -2.19. The van der Waals surface area contributed by atoms with Gasteiger partial charge in [-0.05, 0) is 41.2 Å².